The van der Waals surface area contributed by atoms with E-state index >= 15 is 0 Å². The maximum atomic E-state index is 11.9. The topological polar surface area (TPSA) is 76.2 Å². The molecule has 0 aromatic heterocycles. The molecule has 12 heteroatoms. The molecule has 0 radical (unpaired) electrons. The first-order valence-corrected chi connectivity index (χ1v) is 9.72. The van der Waals surface area contributed by atoms with E-state index in [0.717, 1.165) is 0 Å². The average molecular weight is 446 g/mol. The lowest BCUT2D eigenvalue weighted by Gasteiger charge is -2.21. The summed E-state index contributed by atoms with van der Waals surface area (Å²) in [6.45, 7) is 7.36. The molecule has 0 aliphatic heterocycles. The first-order valence-electron chi connectivity index (χ1n) is 7.14. The van der Waals surface area contributed by atoms with Crippen LogP contribution >= 0.6 is 55.4 Å². The van der Waals surface area contributed by atoms with Crippen molar-refractivity contribution in [3.8, 4) is 0 Å². The molecule has 2 atom stereocenters. The normalized spacial score (nSPS) is 14.5. The van der Waals surface area contributed by atoms with Crippen molar-refractivity contribution in [1.29, 1.82) is 0 Å². The Morgan fingerprint density at radius 2 is 1.12 bits per heavy atom. The van der Waals surface area contributed by atoms with E-state index in [-0.39, 0.29) is 24.7 Å². The van der Waals surface area contributed by atoms with Gasteiger partial charge in [0.25, 0.3) is 0 Å². The summed E-state index contributed by atoms with van der Waals surface area (Å²) in [6.07, 6.45) is 0.532. The Balaban J connectivity index is 4.75. The zero-order chi connectivity index (χ0) is 19.0. The number of carbonyl (C=O) groups is 2. The van der Waals surface area contributed by atoms with Gasteiger partial charge in [-0.05, 0) is 71.8 Å². The molecule has 0 N–H and O–H groups in total. The molecule has 0 aliphatic rings. The van der Waals surface area contributed by atoms with E-state index in [2.05, 4.69) is 9.05 Å². The van der Waals surface area contributed by atoms with Crippen LogP contribution in [0.2, 0.25) is 0 Å². The average Bonchev–Trinajstić information content (AvgIpc) is 2.40. The summed E-state index contributed by atoms with van der Waals surface area (Å²) in [4.78, 5) is 23.9. The van der Waals surface area contributed by atoms with Gasteiger partial charge in [0.15, 0.2) is 0 Å². The van der Waals surface area contributed by atoms with Crippen LogP contribution in [0.25, 0.3) is 0 Å². The van der Waals surface area contributed by atoms with Crippen molar-refractivity contribution in [2.75, 3.05) is 0 Å². The number of hydrogen-bond acceptors (Lipinski definition) is 7. The summed E-state index contributed by atoms with van der Waals surface area (Å²) >= 11 is 22.3. The standard InChI is InChI=1S/C12H21Cl4N2O5P/c1-7(2)5-9(17(13)14)11(19)22-24(21)23-12(20)10(18(15)16)6-8(3)4/h7-10,24H,5-6H2,1-4H3/t9-,10-/m0/s1. The van der Waals surface area contributed by atoms with Crippen LogP contribution in [-0.4, -0.2) is 31.9 Å². The molecule has 24 heavy (non-hydrogen) atoms. The first-order chi connectivity index (χ1) is 11.0. The van der Waals surface area contributed by atoms with Gasteiger partial charge in [-0.25, -0.2) is 14.2 Å². The van der Waals surface area contributed by atoms with Crippen molar-refractivity contribution in [2.24, 2.45) is 11.8 Å². The van der Waals surface area contributed by atoms with Gasteiger partial charge in [0.05, 0.1) is 0 Å². The fourth-order valence-electron chi connectivity index (χ4n) is 1.73. The van der Waals surface area contributed by atoms with E-state index in [1.807, 2.05) is 27.7 Å². The first kappa shape index (κ1) is 24.2. The van der Waals surface area contributed by atoms with Crippen molar-refractivity contribution in [1.82, 2.24) is 7.88 Å². The van der Waals surface area contributed by atoms with Gasteiger partial charge in [0, 0.05) is 0 Å². The fraction of sp³-hybridized carbons (Fsp3) is 0.833. The SMILES string of the molecule is CC(C)C[C@@H](C(=O)O[PH](=O)OC(=O)[C@H](CC(C)C)N(Cl)Cl)N(Cl)Cl. The van der Waals surface area contributed by atoms with E-state index < -0.39 is 32.3 Å². The molecule has 0 saturated heterocycles. The minimum atomic E-state index is -3.45. The molecule has 0 fully saturated rings. The molecular weight excluding hydrogens is 425 g/mol. The maximum Gasteiger partial charge on any atom is 0.423 e. The molecule has 0 unspecified atom stereocenters. The lowest BCUT2D eigenvalue weighted by Crippen LogP contribution is -2.33. The van der Waals surface area contributed by atoms with Crippen molar-refractivity contribution < 1.29 is 23.2 Å². The maximum absolute atomic E-state index is 11.9. The van der Waals surface area contributed by atoms with Crippen molar-refractivity contribution >= 4 is 67.3 Å². The van der Waals surface area contributed by atoms with E-state index in [0.29, 0.717) is 7.88 Å². The molecular formula is C12H21Cl4N2O5P. The summed E-state index contributed by atoms with van der Waals surface area (Å²) in [5, 5.41) is 0. The molecule has 142 valence electrons. The van der Waals surface area contributed by atoms with Crippen LogP contribution < -0.4 is 0 Å². The second-order valence-corrected chi connectivity index (χ2v) is 8.61. The second-order valence-electron chi connectivity index (χ2n) is 5.90. The van der Waals surface area contributed by atoms with Gasteiger partial charge < -0.3 is 9.05 Å². The Morgan fingerprint density at radius 3 is 1.33 bits per heavy atom. The highest BCUT2D eigenvalue weighted by molar-refractivity contribution is 7.34. The molecule has 0 amide bonds. The molecule has 0 saturated carbocycles. The number of rotatable bonds is 10. The Hall–Kier alpha value is 0.250. The quantitative estimate of drug-likeness (QED) is 0.361. The van der Waals surface area contributed by atoms with Gasteiger partial charge in [-0.15, -0.1) is 7.88 Å². The van der Waals surface area contributed by atoms with Gasteiger partial charge in [-0.3, -0.25) is 0 Å². The highest BCUT2D eigenvalue weighted by Gasteiger charge is 2.31. The van der Waals surface area contributed by atoms with E-state index in [1.54, 1.807) is 0 Å². The van der Waals surface area contributed by atoms with E-state index in [1.165, 1.54) is 0 Å². The smallest absolute Gasteiger partial charge is 0.384 e. The molecule has 7 nitrogen and oxygen atoms in total. The second kappa shape index (κ2) is 11.8. The van der Waals surface area contributed by atoms with E-state index in [4.69, 9.17) is 47.1 Å². The highest BCUT2D eigenvalue weighted by Crippen LogP contribution is 2.30. The van der Waals surface area contributed by atoms with Crippen LogP contribution in [0.3, 0.4) is 0 Å². The molecule has 0 spiro atoms. The summed E-state index contributed by atoms with van der Waals surface area (Å²) in [5.74, 6) is -1.77. The Labute approximate surface area is 162 Å². The van der Waals surface area contributed by atoms with Crippen LogP contribution in [0.5, 0.6) is 0 Å². The van der Waals surface area contributed by atoms with Crippen LogP contribution in [-0.2, 0) is 23.2 Å². The number of hydrogen-bond donors (Lipinski definition) is 0. The summed E-state index contributed by atoms with van der Waals surface area (Å²) in [7, 11) is -3.45. The lowest BCUT2D eigenvalue weighted by molar-refractivity contribution is -0.141. The van der Waals surface area contributed by atoms with Gasteiger partial charge in [0.1, 0.15) is 12.1 Å². The third-order valence-electron chi connectivity index (χ3n) is 2.77. The van der Waals surface area contributed by atoms with Crippen LogP contribution in [0.15, 0.2) is 0 Å². The van der Waals surface area contributed by atoms with Crippen molar-refractivity contribution in [3.63, 3.8) is 0 Å². The highest BCUT2D eigenvalue weighted by atomic mass is 35.5. The van der Waals surface area contributed by atoms with Gasteiger partial charge in [-0.2, -0.15) is 0 Å². The minimum Gasteiger partial charge on any atom is -0.384 e. The van der Waals surface area contributed by atoms with Crippen LogP contribution in [0.1, 0.15) is 40.5 Å². The van der Waals surface area contributed by atoms with Gasteiger partial charge >= 0.3 is 20.2 Å². The van der Waals surface area contributed by atoms with Crippen LogP contribution in [0, 0.1) is 11.8 Å². The monoisotopic (exact) mass is 444 g/mol. The predicted octanol–water partition coefficient (Wildman–Crippen LogP) is 4.51. The molecule has 0 aromatic rings. The molecule has 0 rings (SSSR count). The summed E-state index contributed by atoms with van der Waals surface area (Å²) in [6, 6.07) is -2.07. The minimum absolute atomic E-state index is 0.0731. The zero-order valence-electron chi connectivity index (χ0n) is 13.7. The molecule has 0 aromatic carbocycles. The Morgan fingerprint density at radius 1 is 0.833 bits per heavy atom. The number of nitrogens with zero attached hydrogens (tertiary/aromatic N) is 2. The summed E-state index contributed by atoms with van der Waals surface area (Å²) in [5.41, 5.74) is 0. The fourth-order valence-corrected chi connectivity index (χ4v) is 3.01. The van der Waals surface area contributed by atoms with Crippen LogP contribution in [0.4, 0.5) is 0 Å². The Kier molecular flexibility index (Phi) is 11.9. The van der Waals surface area contributed by atoms with Crippen molar-refractivity contribution in [3.05, 3.63) is 0 Å². The summed E-state index contributed by atoms with van der Waals surface area (Å²) < 4.78 is 22.3. The van der Waals surface area contributed by atoms with E-state index in [9.17, 15) is 14.2 Å². The van der Waals surface area contributed by atoms with Gasteiger partial charge in [-0.1, -0.05) is 27.7 Å². The largest absolute Gasteiger partial charge is 0.423 e. The van der Waals surface area contributed by atoms with Gasteiger partial charge in [0.2, 0.25) is 0 Å². The third kappa shape index (κ3) is 9.66. The molecule has 0 bridgehead atoms. The zero-order valence-corrected chi connectivity index (χ0v) is 17.7. The predicted molar refractivity (Wildman–Crippen MR) is 94.8 cm³/mol. The molecule has 0 aliphatic carbocycles. The Bertz CT molecular complexity index is 413. The lowest BCUT2D eigenvalue weighted by atomic mass is 10.1. The van der Waals surface area contributed by atoms with Crippen molar-refractivity contribution in [2.45, 2.75) is 52.6 Å². The molecule has 0 heterocycles. The number of halogens is 4. The third-order valence-corrected chi connectivity index (χ3v) is 4.45. The number of carbonyl (C=O) groups excluding carboxylic acids is 2.